The quantitative estimate of drug-likeness (QED) is 0.458. The second-order valence-corrected chi connectivity index (χ2v) is 6.43. The zero-order valence-electron chi connectivity index (χ0n) is 11.2. The molecule has 0 aliphatic rings. The Hall–Kier alpha value is -0.950. The third-order valence-corrected chi connectivity index (χ3v) is 5.06. The van der Waals surface area contributed by atoms with Crippen molar-refractivity contribution in [3.63, 3.8) is 0 Å². The summed E-state index contributed by atoms with van der Waals surface area (Å²) < 4.78 is 26.8. The van der Waals surface area contributed by atoms with Crippen molar-refractivity contribution >= 4 is 27.7 Å². The second kappa shape index (κ2) is 7.89. The van der Waals surface area contributed by atoms with Crippen LogP contribution in [0.25, 0.3) is 0 Å². The molecule has 0 bridgehead atoms. The molecule has 21 heavy (non-hydrogen) atoms. The first kappa shape index (κ1) is 16.4. The molecule has 0 heterocycles. The van der Waals surface area contributed by atoms with Crippen molar-refractivity contribution in [2.45, 2.75) is 17.4 Å². The first-order valence-corrected chi connectivity index (χ1v) is 8.15. The van der Waals surface area contributed by atoms with E-state index in [1.807, 2.05) is 6.07 Å². The number of halogens is 3. The summed E-state index contributed by atoms with van der Waals surface area (Å²) in [4.78, 5) is 0.968. The van der Waals surface area contributed by atoms with Crippen LogP contribution in [0.15, 0.2) is 51.8 Å². The van der Waals surface area contributed by atoms with Crippen molar-refractivity contribution in [1.82, 2.24) is 5.43 Å². The van der Waals surface area contributed by atoms with Gasteiger partial charge in [0, 0.05) is 16.7 Å². The molecule has 2 aromatic carbocycles. The van der Waals surface area contributed by atoms with Crippen LogP contribution in [0.5, 0.6) is 0 Å². The molecule has 2 nitrogen and oxygen atoms in total. The van der Waals surface area contributed by atoms with Gasteiger partial charge >= 0.3 is 0 Å². The number of nitrogens with two attached hydrogens (primary N) is 1. The van der Waals surface area contributed by atoms with Gasteiger partial charge in [-0.05, 0) is 58.2 Å². The SMILES string of the molecule is NNC(CSc1ccc(F)cc1)Cc1cccc(F)c1Br. The van der Waals surface area contributed by atoms with E-state index >= 15 is 0 Å². The summed E-state index contributed by atoms with van der Waals surface area (Å²) >= 11 is 4.82. The van der Waals surface area contributed by atoms with E-state index in [9.17, 15) is 8.78 Å². The van der Waals surface area contributed by atoms with Gasteiger partial charge in [-0.2, -0.15) is 0 Å². The lowest BCUT2D eigenvalue weighted by Crippen LogP contribution is -2.38. The maximum Gasteiger partial charge on any atom is 0.137 e. The zero-order valence-corrected chi connectivity index (χ0v) is 13.6. The molecule has 0 fully saturated rings. The maximum absolute atomic E-state index is 13.5. The third-order valence-electron chi connectivity index (χ3n) is 3.00. The van der Waals surface area contributed by atoms with Gasteiger partial charge in [0.1, 0.15) is 11.6 Å². The second-order valence-electron chi connectivity index (χ2n) is 4.55. The number of thioether (sulfide) groups is 1. The molecular weight excluding hydrogens is 358 g/mol. The molecule has 1 unspecified atom stereocenters. The molecule has 0 radical (unpaired) electrons. The Morgan fingerprint density at radius 1 is 1.14 bits per heavy atom. The van der Waals surface area contributed by atoms with Gasteiger partial charge in [-0.1, -0.05) is 12.1 Å². The molecule has 112 valence electrons. The van der Waals surface area contributed by atoms with E-state index < -0.39 is 0 Å². The van der Waals surface area contributed by atoms with E-state index in [4.69, 9.17) is 5.84 Å². The summed E-state index contributed by atoms with van der Waals surface area (Å²) in [6.07, 6.45) is 0.600. The zero-order chi connectivity index (χ0) is 15.2. The summed E-state index contributed by atoms with van der Waals surface area (Å²) in [7, 11) is 0. The highest BCUT2D eigenvalue weighted by Gasteiger charge is 2.12. The lowest BCUT2D eigenvalue weighted by molar-refractivity contribution is 0.568. The Balaban J connectivity index is 1.97. The minimum atomic E-state index is -0.283. The molecule has 0 spiro atoms. The van der Waals surface area contributed by atoms with Crippen molar-refractivity contribution < 1.29 is 8.78 Å². The molecule has 0 aliphatic heterocycles. The fraction of sp³-hybridized carbons (Fsp3) is 0.200. The highest BCUT2D eigenvalue weighted by atomic mass is 79.9. The topological polar surface area (TPSA) is 38.0 Å². The Labute approximate surface area is 135 Å². The first-order valence-electron chi connectivity index (χ1n) is 6.37. The van der Waals surface area contributed by atoms with Crippen molar-refractivity contribution in [3.8, 4) is 0 Å². The first-order chi connectivity index (χ1) is 10.1. The largest absolute Gasteiger partial charge is 0.271 e. The molecule has 2 rings (SSSR count). The highest BCUT2D eigenvalue weighted by Crippen LogP contribution is 2.24. The molecule has 6 heteroatoms. The smallest absolute Gasteiger partial charge is 0.137 e. The molecule has 0 aliphatic carbocycles. The predicted octanol–water partition coefficient (Wildman–Crippen LogP) is 3.89. The standard InChI is InChI=1S/C15H15BrF2N2S/c16-15-10(2-1-3-14(15)18)8-12(20-19)9-21-13-6-4-11(17)5-7-13/h1-7,12,20H,8-9,19H2. The molecule has 0 aromatic heterocycles. The number of nitrogens with one attached hydrogen (secondary N) is 1. The van der Waals surface area contributed by atoms with E-state index in [0.29, 0.717) is 16.6 Å². The van der Waals surface area contributed by atoms with Gasteiger partial charge in [0.25, 0.3) is 0 Å². The lowest BCUT2D eigenvalue weighted by Gasteiger charge is -2.16. The molecule has 0 saturated carbocycles. The fourth-order valence-corrected chi connectivity index (χ4v) is 3.23. The van der Waals surface area contributed by atoms with Gasteiger partial charge in [-0.3, -0.25) is 11.3 Å². The van der Waals surface area contributed by atoms with Crippen LogP contribution in [0, 0.1) is 11.6 Å². The lowest BCUT2D eigenvalue weighted by atomic mass is 10.1. The Morgan fingerprint density at radius 3 is 2.52 bits per heavy atom. The third kappa shape index (κ3) is 4.78. The van der Waals surface area contributed by atoms with Gasteiger partial charge < -0.3 is 0 Å². The maximum atomic E-state index is 13.5. The van der Waals surface area contributed by atoms with Crippen molar-refractivity contribution in [2.24, 2.45) is 5.84 Å². The number of rotatable bonds is 6. The number of hydrogen-bond donors (Lipinski definition) is 2. The summed E-state index contributed by atoms with van der Waals surface area (Å²) in [5.41, 5.74) is 3.60. The van der Waals surface area contributed by atoms with Crippen molar-refractivity contribution in [2.75, 3.05) is 5.75 Å². The normalized spacial score (nSPS) is 12.4. The average Bonchev–Trinajstić information content (AvgIpc) is 2.49. The van der Waals surface area contributed by atoms with Gasteiger partial charge in [0.2, 0.25) is 0 Å². The molecule has 0 amide bonds. The van der Waals surface area contributed by atoms with Crippen molar-refractivity contribution in [1.29, 1.82) is 0 Å². The van der Waals surface area contributed by atoms with E-state index in [-0.39, 0.29) is 17.7 Å². The van der Waals surface area contributed by atoms with Gasteiger partial charge in [0.05, 0.1) is 4.47 Å². The van der Waals surface area contributed by atoms with E-state index in [1.165, 1.54) is 18.2 Å². The van der Waals surface area contributed by atoms with Gasteiger partial charge in [-0.15, -0.1) is 11.8 Å². The van der Waals surface area contributed by atoms with Crippen LogP contribution in [0.2, 0.25) is 0 Å². The minimum Gasteiger partial charge on any atom is -0.271 e. The van der Waals surface area contributed by atoms with E-state index in [2.05, 4.69) is 21.4 Å². The van der Waals surface area contributed by atoms with Crippen LogP contribution in [0.4, 0.5) is 8.78 Å². The summed E-state index contributed by atoms with van der Waals surface area (Å²) in [6.45, 7) is 0. The Kier molecular flexibility index (Phi) is 6.17. The van der Waals surface area contributed by atoms with Crippen LogP contribution in [0.3, 0.4) is 0 Å². The monoisotopic (exact) mass is 372 g/mol. The van der Waals surface area contributed by atoms with Crippen LogP contribution in [-0.2, 0) is 6.42 Å². The van der Waals surface area contributed by atoms with Gasteiger partial charge in [0.15, 0.2) is 0 Å². The van der Waals surface area contributed by atoms with Crippen LogP contribution in [-0.4, -0.2) is 11.8 Å². The highest BCUT2D eigenvalue weighted by molar-refractivity contribution is 9.10. The molecule has 1 atom stereocenters. The van der Waals surface area contributed by atoms with Gasteiger partial charge in [-0.25, -0.2) is 8.78 Å². The Bertz CT molecular complexity index is 593. The number of benzene rings is 2. The van der Waals surface area contributed by atoms with E-state index in [0.717, 1.165) is 10.5 Å². The van der Waals surface area contributed by atoms with Crippen LogP contribution >= 0.6 is 27.7 Å². The molecule has 3 N–H and O–H groups in total. The van der Waals surface area contributed by atoms with Crippen molar-refractivity contribution in [3.05, 3.63) is 64.1 Å². The number of hydrogen-bond acceptors (Lipinski definition) is 3. The fourth-order valence-electron chi connectivity index (χ4n) is 1.87. The van der Waals surface area contributed by atoms with Crippen LogP contribution < -0.4 is 11.3 Å². The average molecular weight is 373 g/mol. The summed E-state index contributed by atoms with van der Waals surface area (Å²) in [5, 5.41) is 0. The Morgan fingerprint density at radius 2 is 1.86 bits per heavy atom. The molecular formula is C15H15BrF2N2S. The van der Waals surface area contributed by atoms with Crippen LogP contribution in [0.1, 0.15) is 5.56 Å². The number of hydrazine groups is 1. The molecule has 0 saturated heterocycles. The predicted molar refractivity (Wildman–Crippen MR) is 86.0 cm³/mol. The summed E-state index contributed by atoms with van der Waals surface area (Å²) in [6, 6.07) is 11.2. The minimum absolute atomic E-state index is 0.0156. The summed E-state index contributed by atoms with van der Waals surface area (Å²) in [5.74, 6) is 5.73. The van der Waals surface area contributed by atoms with E-state index in [1.54, 1.807) is 30.0 Å². The molecule has 2 aromatic rings.